The van der Waals surface area contributed by atoms with E-state index >= 15 is 0 Å². The molecule has 0 radical (unpaired) electrons. The summed E-state index contributed by atoms with van der Waals surface area (Å²) >= 11 is 1.55. The highest BCUT2D eigenvalue weighted by Gasteiger charge is 2.25. The summed E-state index contributed by atoms with van der Waals surface area (Å²) in [6, 6.07) is 0. The van der Waals surface area contributed by atoms with Crippen LogP contribution < -0.4 is 10.6 Å². The normalized spacial score (nSPS) is 15.3. The molecule has 6 heteroatoms. The molecule has 1 aliphatic rings. The molecule has 0 bridgehead atoms. The first-order chi connectivity index (χ1) is 6.79. The van der Waals surface area contributed by atoms with Crippen molar-refractivity contribution in [2.45, 2.75) is 13.3 Å². The molecule has 1 saturated heterocycles. The third kappa shape index (κ3) is 2.90. The van der Waals surface area contributed by atoms with Crippen molar-refractivity contribution in [1.29, 1.82) is 0 Å². The molecule has 84 valence electrons. The van der Waals surface area contributed by atoms with Gasteiger partial charge in [0.1, 0.15) is 0 Å². The number of aryl methyl sites for hydroxylation is 1. The Morgan fingerprint density at radius 3 is 2.93 bits per heavy atom. The van der Waals surface area contributed by atoms with Gasteiger partial charge in [0, 0.05) is 24.2 Å². The maximum absolute atomic E-state index is 11.5. The van der Waals surface area contributed by atoms with Crippen LogP contribution in [0.5, 0.6) is 0 Å². The van der Waals surface area contributed by atoms with Crippen LogP contribution in [0.25, 0.3) is 0 Å². The van der Waals surface area contributed by atoms with Crippen LogP contribution in [0.15, 0.2) is 6.20 Å². The van der Waals surface area contributed by atoms with Crippen molar-refractivity contribution in [3.05, 3.63) is 11.1 Å². The van der Waals surface area contributed by atoms with E-state index in [1.54, 1.807) is 11.3 Å². The maximum atomic E-state index is 11.5. The summed E-state index contributed by atoms with van der Waals surface area (Å²) in [4.78, 5) is 16.8. The first-order valence-corrected chi connectivity index (χ1v) is 5.57. The molecule has 0 aliphatic carbocycles. The predicted molar refractivity (Wildman–Crippen MR) is 63.7 cm³/mol. The van der Waals surface area contributed by atoms with E-state index < -0.39 is 0 Å². The Balaban J connectivity index is 0.00000112. The van der Waals surface area contributed by atoms with E-state index in [1.165, 1.54) is 4.88 Å². The van der Waals surface area contributed by atoms with Gasteiger partial charge in [-0.05, 0) is 6.42 Å². The summed E-state index contributed by atoms with van der Waals surface area (Å²) in [5.41, 5.74) is 0. The van der Waals surface area contributed by atoms with E-state index in [0.29, 0.717) is 0 Å². The zero-order valence-corrected chi connectivity index (χ0v) is 10.1. The number of nitrogens with one attached hydrogen (secondary N) is 2. The molecule has 2 N–H and O–H groups in total. The summed E-state index contributed by atoms with van der Waals surface area (Å²) in [7, 11) is 0. The molecule has 0 unspecified atom stereocenters. The third-order valence-corrected chi connectivity index (χ3v) is 3.34. The van der Waals surface area contributed by atoms with Crippen LogP contribution >= 0.6 is 23.7 Å². The van der Waals surface area contributed by atoms with E-state index in [0.717, 1.165) is 24.6 Å². The quantitative estimate of drug-likeness (QED) is 0.846. The molecular weight excluding hydrogens is 234 g/mol. The lowest BCUT2D eigenvalue weighted by Crippen LogP contribution is -2.48. The van der Waals surface area contributed by atoms with E-state index in [1.807, 2.05) is 6.20 Å². The Morgan fingerprint density at radius 2 is 2.47 bits per heavy atom. The van der Waals surface area contributed by atoms with Gasteiger partial charge in [0.15, 0.2) is 5.13 Å². The second-order valence-electron chi connectivity index (χ2n) is 3.33. The zero-order valence-electron chi connectivity index (χ0n) is 8.45. The summed E-state index contributed by atoms with van der Waals surface area (Å²) < 4.78 is 0. The molecule has 4 nitrogen and oxygen atoms in total. The second-order valence-corrected chi connectivity index (χ2v) is 4.44. The molecule has 0 aromatic carbocycles. The fraction of sp³-hybridized carbons (Fsp3) is 0.556. The minimum absolute atomic E-state index is 0. The summed E-state index contributed by atoms with van der Waals surface area (Å²) in [6.45, 7) is 3.66. The highest BCUT2D eigenvalue weighted by molar-refractivity contribution is 7.15. The number of anilines is 1. The number of nitrogens with zero attached hydrogens (tertiary/aromatic N) is 1. The molecule has 0 saturated carbocycles. The zero-order chi connectivity index (χ0) is 9.97. The number of hydrogen-bond donors (Lipinski definition) is 2. The Labute approximate surface area is 98.9 Å². The van der Waals surface area contributed by atoms with Gasteiger partial charge in [0.25, 0.3) is 0 Å². The number of carbonyl (C=O) groups is 1. The standard InChI is InChI=1S/C9H13N3OS.ClH/c1-2-7-5-11-9(14-7)12-8(13)6-3-10-4-6;/h5-6,10H,2-4H2,1H3,(H,11,12,13);1H. The van der Waals surface area contributed by atoms with Crippen molar-refractivity contribution < 1.29 is 4.79 Å². The van der Waals surface area contributed by atoms with Gasteiger partial charge in [-0.25, -0.2) is 4.98 Å². The van der Waals surface area contributed by atoms with Gasteiger partial charge in [-0.15, -0.1) is 23.7 Å². The lowest BCUT2D eigenvalue weighted by atomic mass is 10.0. The topological polar surface area (TPSA) is 54.0 Å². The summed E-state index contributed by atoms with van der Waals surface area (Å²) in [5, 5.41) is 6.61. The van der Waals surface area contributed by atoms with Gasteiger partial charge in [-0.2, -0.15) is 0 Å². The van der Waals surface area contributed by atoms with Crippen LogP contribution in [-0.4, -0.2) is 24.0 Å². The van der Waals surface area contributed by atoms with E-state index in [2.05, 4.69) is 22.5 Å². The summed E-state index contributed by atoms with van der Waals surface area (Å²) in [5.74, 6) is 0.213. The van der Waals surface area contributed by atoms with Crippen LogP contribution in [0.4, 0.5) is 5.13 Å². The van der Waals surface area contributed by atoms with Crippen molar-refractivity contribution in [2.24, 2.45) is 5.92 Å². The van der Waals surface area contributed by atoms with Gasteiger partial charge < -0.3 is 10.6 Å². The molecule has 1 aromatic heterocycles. The van der Waals surface area contributed by atoms with Gasteiger partial charge in [-0.1, -0.05) is 6.92 Å². The largest absolute Gasteiger partial charge is 0.315 e. The van der Waals surface area contributed by atoms with Gasteiger partial charge in [0.2, 0.25) is 5.91 Å². The number of amides is 1. The highest BCUT2D eigenvalue weighted by Crippen LogP contribution is 2.19. The minimum Gasteiger partial charge on any atom is -0.315 e. The average molecular weight is 248 g/mol. The van der Waals surface area contributed by atoms with Gasteiger partial charge in [0.05, 0.1) is 5.92 Å². The minimum atomic E-state index is 0. The molecule has 1 amide bonds. The van der Waals surface area contributed by atoms with Crippen molar-refractivity contribution in [2.75, 3.05) is 18.4 Å². The molecular formula is C9H14ClN3OS. The number of aromatic nitrogens is 1. The van der Waals surface area contributed by atoms with Crippen LogP contribution in [0.3, 0.4) is 0 Å². The fourth-order valence-electron chi connectivity index (χ4n) is 1.21. The predicted octanol–water partition coefficient (Wildman–Crippen LogP) is 1.29. The Hall–Kier alpha value is -0.650. The average Bonchev–Trinajstić information content (AvgIpc) is 2.48. The van der Waals surface area contributed by atoms with Crippen molar-refractivity contribution >= 4 is 34.8 Å². The molecule has 1 fully saturated rings. The SMILES string of the molecule is CCc1cnc(NC(=O)C2CNC2)s1.Cl. The number of hydrogen-bond acceptors (Lipinski definition) is 4. The molecule has 1 aliphatic heterocycles. The number of halogens is 1. The van der Waals surface area contributed by atoms with Crippen LogP contribution in [0.1, 0.15) is 11.8 Å². The third-order valence-electron chi connectivity index (χ3n) is 2.28. The first-order valence-electron chi connectivity index (χ1n) is 4.76. The van der Waals surface area contributed by atoms with E-state index in [9.17, 15) is 4.79 Å². The Bertz CT molecular complexity index is 338. The number of rotatable bonds is 3. The van der Waals surface area contributed by atoms with Crippen LogP contribution in [0.2, 0.25) is 0 Å². The molecule has 0 spiro atoms. The lowest BCUT2D eigenvalue weighted by Gasteiger charge is -2.25. The Kier molecular flexibility index (Phi) is 4.50. The van der Waals surface area contributed by atoms with E-state index in [-0.39, 0.29) is 24.2 Å². The monoisotopic (exact) mass is 247 g/mol. The van der Waals surface area contributed by atoms with Gasteiger partial charge in [-0.3, -0.25) is 4.79 Å². The molecule has 15 heavy (non-hydrogen) atoms. The van der Waals surface area contributed by atoms with Crippen LogP contribution in [0, 0.1) is 5.92 Å². The van der Waals surface area contributed by atoms with Crippen molar-refractivity contribution in [1.82, 2.24) is 10.3 Å². The van der Waals surface area contributed by atoms with Gasteiger partial charge >= 0.3 is 0 Å². The number of carbonyl (C=O) groups excluding carboxylic acids is 1. The summed E-state index contributed by atoms with van der Waals surface area (Å²) in [6.07, 6.45) is 2.79. The van der Waals surface area contributed by atoms with Crippen LogP contribution in [-0.2, 0) is 11.2 Å². The lowest BCUT2D eigenvalue weighted by molar-refractivity contribution is -0.121. The maximum Gasteiger partial charge on any atom is 0.231 e. The number of thiazole rings is 1. The van der Waals surface area contributed by atoms with Crippen molar-refractivity contribution in [3.8, 4) is 0 Å². The van der Waals surface area contributed by atoms with Crippen molar-refractivity contribution in [3.63, 3.8) is 0 Å². The molecule has 1 aromatic rings. The van der Waals surface area contributed by atoms with E-state index in [4.69, 9.17) is 0 Å². The smallest absolute Gasteiger partial charge is 0.231 e. The Morgan fingerprint density at radius 1 is 1.73 bits per heavy atom. The highest BCUT2D eigenvalue weighted by atomic mass is 35.5. The molecule has 0 atom stereocenters. The first kappa shape index (κ1) is 12.4. The second kappa shape index (κ2) is 5.44. The fourth-order valence-corrected chi connectivity index (χ4v) is 1.97. The molecule has 2 rings (SSSR count). The molecule has 2 heterocycles.